The van der Waals surface area contributed by atoms with Crippen molar-refractivity contribution in [2.45, 2.75) is 6.18 Å². The smallest absolute Gasteiger partial charge is 0.254 e. The van der Waals surface area contributed by atoms with Crippen molar-refractivity contribution < 1.29 is 13.2 Å². The third kappa shape index (κ3) is 4.16. The van der Waals surface area contributed by atoms with Crippen LogP contribution in [0.15, 0.2) is 0 Å². The Labute approximate surface area is 68.7 Å². The van der Waals surface area contributed by atoms with Crippen molar-refractivity contribution in [3.05, 3.63) is 0 Å². The standard InChI is InChI=1S/C6H10F3N3/c1-12(2)11-4-5(3-10)6(7,8)9/h5,11H,4H2,1-2H3. The highest BCUT2D eigenvalue weighted by Crippen LogP contribution is 2.24. The van der Waals surface area contributed by atoms with E-state index in [1.165, 1.54) is 11.1 Å². The summed E-state index contributed by atoms with van der Waals surface area (Å²) in [5, 5.41) is 9.52. The van der Waals surface area contributed by atoms with Crippen LogP contribution in [0.4, 0.5) is 13.2 Å². The summed E-state index contributed by atoms with van der Waals surface area (Å²) >= 11 is 0. The predicted octanol–water partition coefficient (Wildman–Crippen LogP) is 0.755. The van der Waals surface area contributed by atoms with Crippen LogP contribution in [0, 0.1) is 17.2 Å². The van der Waals surface area contributed by atoms with Crippen LogP contribution in [0.5, 0.6) is 0 Å². The molecule has 70 valence electrons. The fraction of sp³-hybridized carbons (Fsp3) is 0.833. The molecule has 0 spiro atoms. The zero-order valence-electron chi connectivity index (χ0n) is 6.81. The second kappa shape index (κ2) is 4.28. The largest absolute Gasteiger partial charge is 0.405 e. The van der Waals surface area contributed by atoms with Crippen molar-refractivity contribution in [1.29, 1.82) is 5.26 Å². The summed E-state index contributed by atoms with van der Waals surface area (Å²) in [5.41, 5.74) is 2.39. The second-order valence-corrected chi connectivity index (χ2v) is 2.48. The zero-order chi connectivity index (χ0) is 9.78. The molecule has 0 saturated heterocycles. The van der Waals surface area contributed by atoms with Gasteiger partial charge in [-0.3, -0.25) is 10.4 Å². The van der Waals surface area contributed by atoms with Gasteiger partial charge in [0.05, 0.1) is 6.07 Å². The molecule has 0 rings (SSSR count). The van der Waals surface area contributed by atoms with Gasteiger partial charge in [-0.25, -0.2) is 0 Å². The Balaban J connectivity index is 3.96. The molecule has 0 aromatic carbocycles. The average molecular weight is 181 g/mol. The lowest BCUT2D eigenvalue weighted by Crippen LogP contribution is -2.39. The van der Waals surface area contributed by atoms with Crippen molar-refractivity contribution in [2.75, 3.05) is 20.6 Å². The third-order valence-corrected chi connectivity index (χ3v) is 1.16. The van der Waals surface area contributed by atoms with Crippen LogP contribution >= 0.6 is 0 Å². The van der Waals surface area contributed by atoms with Gasteiger partial charge >= 0.3 is 6.18 Å². The molecule has 0 aliphatic heterocycles. The molecule has 0 radical (unpaired) electrons. The van der Waals surface area contributed by atoms with Gasteiger partial charge in [-0.15, -0.1) is 0 Å². The van der Waals surface area contributed by atoms with E-state index in [1.54, 1.807) is 14.1 Å². The Bertz CT molecular complexity index is 170. The number of hydrazine groups is 1. The summed E-state index contributed by atoms with van der Waals surface area (Å²) in [7, 11) is 3.12. The highest BCUT2D eigenvalue weighted by molar-refractivity contribution is 4.89. The Hall–Kier alpha value is -0.800. The van der Waals surface area contributed by atoms with Gasteiger partial charge in [0, 0.05) is 20.6 Å². The quantitative estimate of drug-likeness (QED) is 0.653. The summed E-state index contributed by atoms with van der Waals surface area (Å²) in [4.78, 5) is 0. The number of hydrogen-bond donors (Lipinski definition) is 1. The lowest BCUT2D eigenvalue weighted by atomic mass is 10.2. The molecule has 3 nitrogen and oxygen atoms in total. The summed E-state index contributed by atoms with van der Waals surface area (Å²) < 4.78 is 35.7. The van der Waals surface area contributed by atoms with E-state index >= 15 is 0 Å². The molecule has 0 aromatic rings. The Morgan fingerprint density at radius 1 is 1.50 bits per heavy atom. The minimum Gasteiger partial charge on any atom is -0.254 e. The van der Waals surface area contributed by atoms with Gasteiger partial charge < -0.3 is 0 Å². The van der Waals surface area contributed by atoms with Gasteiger partial charge in [-0.05, 0) is 0 Å². The van der Waals surface area contributed by atoms with Gasteiger partial charge in [-0.1, -0.05) is 0 Å². The Kier molecular flexibility index (Phi) is 4.00. The highest BCUT2D eigenvalue weighted by Gasteiger charge is 2.39. The third-order valence-electron chi connectivity index (χ3n) is 1.16. The first-order chi connectivity index (χ1) is 5.38. The molecule has 0 fully saturated rings. The maximum Gasteiger partial charge on any atom is 0.405 e. The number of alkyl halides is 3. The maximum absolute atomic E-state index is 11.9. The number of halogens is 3. The molecule has 0 aliphatic rings. The van der Waals surface area contributed by atoms with E-state index in [4.69, 9.17) is 5.26 Å². The monoisotopic (exact) mass is 181 g/mol. The summed E-state index contributed by atoms with van der Waals surface area (Å²) in [6.07, 6.45) is -4.45. The molecular weight excluding hydrogens is 171 g/mol. The summed E-state index contributed by atoms with van der Waals surface area (Å²) in [6.45, 7) is -0.410. The molecule has 12 heavy (non-hydrogen) atoms. The van der Waals surface area contributed by atoms with E-state index in [2.05, 4.69) is 5.43 Å². The summed E-state index contributed by atoms with van der Waals surface area (Å²) in [6, 6.07) is 1.18. The second-order valence-electron chi connectivity index (χ2n) is 2.48. The molecule has 6 heteroatoms. The van der Waals surface area contributed by atoms with Crippen molar-refractivity contribution in [2.24, 2.45) is 5.92 Å². The number of nitrogens with zero attached hydrogens (tertiary/aromatic N) is 2. The number of nitrogens with one attached hydrogen (secondary N) is 1. The van der Waals surface area contributed by atoms with E-state index in [1.807, 2.05) is 0 Å². The fourth-order valence-corrected chi connectivity index (χ4v) is 0.508. The molecule has 1 unspecified atom stereocenters. The highest BCUT2D eigenvalue weighted by atomic mass is 19.4. The number of nitriles is 1. The minimum atomic E-state index is -4.45. The van der Waals surface area contributed by atoms with E-state index in [0.29, 0.717) is 0 Å². The van der Waals surface area contributed by atoms with E-state index in [0.717, 1.165) is 0 Å². The molecule has 0 aliphatic carbocycles. The first-order valence-corrected chi connectivity index (χ1v) is 3.25. The molecule has 0 heterocycles. The fourth-order valence-electron chi connectivity index (χ4n) is 0.508. The lowest BCUT2D eigenvalue weighted by molar-refractivity contribution is -0.159. The van der Waals surface area contributed by atoms with Gasteiger partial charge in [0.1, 0.15) is 0 Å². The van der Waals surface area contributed by atoms with Crippen molar-refractivity contribution in [3.63, 3.8) is 0 Å². The van der Waals surface area contributed by atoms with Crippen LogP contribution in [0.25, 0.3) is 0 Å². The van der Waals surface area contributed by atoms with E-state index < -0.39 is 18.6 Å². The maximum atomic E-state index is 11.9. The predicted molar refractivity (Wildman–Crippen MR) is 36.8 cm³/mol. The molecular formula is C6H10F3N3. The minimum absolute atomic E-state index is 0.410. The number of hydrogen-bond acceptors (Lipinski definition) is 3. The Morgan fingerprint density at radius 2 is 2.00 bits per heavy atom. The molecule has 0 saturated carbocycles. The van der Waals surface area contributed by atoms with Crippen molar-refractivity contribution >= 4 is 0 Å². The van der Waals surface area contributed by atoms with Crippen LogP contribution in [0.1, 0.15) is 0 Å². The molecule has 0 amide bonds. The van der Waals surface area contributed by atoms with Crippen LogP contribution in [0.3, 0.4) is 0 Å². The lowest BCUT2D eigenvalue weighted by Gasteiger charge is -2.17. The normalized spacial score (nSPS) is 14.4. The van der Waals surface area contributed by atoms with Crippen LogP contribution < -0.4 is 5.43 Å². The van der Waals surface area contributed by atoms with E-state index in [9.17, 15) is 13.2 Å². The molecule has 0 aromatic heterocycles. The van der Waals surface area contributed by atoms with Crippen LogP contribution in [-0.2, 0) is 0 Å². The SMILES string of the molecule is CN(C)NCC(C#N)C(F)(F)F. The first-order valence-electron chi connectivity index (χ1n) is 3.25. The molecule has 1 N–H and O–H groups in total. The van der Waals surface area contributed by atoms with Crippen molar-refractivity contribution in [1.82, 2.24) is 10.4 Å². The summed E-state index contributed by atoms with van der Waals surface area (Å²) in [5.74, 6) is -1.94. The van der Waals surface area contributed by atoms with Gasteiger partial charge in [0.2, 0.25) is 0 Å². The topological polar surface area (TPSA) is 39.1 Å². The molecule has 0 bridgehead atoms. The number of rotatable bonds is 3. The first kappa shape index (κ1) is 11.2. The molecule has 1 atom stereocenters. The Morgan fingerprint density at radius 3 is 2.25 bits per heavy atom. The van der Waals surface area contributed by atoms with Gasteiger partial charge in [0.25, 0.3) is 0 Å². The van der Waals surface area contributed by atoms with Gasteiger partial charge in [-0.2, -0.15) is 18.4 Å². The van der Waals surface area contributed by atoms with Crippen molar-refractivity contribution in [3.8, 4) is 6.07 Å². The van der Waals surface area contributed by atoms with Gasteiger partial charge in [0.15, 0.2) is 5.92 Å². The zero-order valence-corrected chi connectivity index (χ0v) is 6.81. The van der Waals surface area contributed by atoms with Crippen LogP contribution in [0.2, 0.25) is 0 Å². The average Bonchev–Trinajstić information content (AvgIpc) is 1.85. The van der Waals surface area contributed by atoms with Crippen LogP contribution in [-0.4, -0.2) is 31.8 Å². The van der Waals surface area contributed by atoms with E-state index in [-0.39, 0.29) is 0 Å².